The number of aliphatic imine (C=N–C) groups is 1. The molecule has 1 aromatic carbocycles. The van der Waals surface area contributed by atoms with Crippen molar-refractivity contribution in [3.63, 3.8) is 0 Å². The number of alkyl carbamates (subject to hydrolysis) is 1. The smallest absolute Gasteiger partial charge is 0.424 e. The minimum atomic E-state index is -4.98. The lowest BCUT2D eigenvalue weighted by atomic mass is 9.89. The fourth-order valence-corrected chi connectivity index (χ4v) is 2.68. The number of nitrogens with zero attached hydrogens (tertiary/aromatic N) is 2. The molecule has 1 aliphatic rings. The van der Waals surface area contributed by atoms with Gasteiger partial charge in [0.25, 0.3) is 5.69 Å². The van der Waals surface area contributed by atoms with Gasteiger partial charge >= 0.3 is 12.3 Å². The number of carbonyl (C=O) groups is 1. The van der Waals surface area contributed by atoms with Crippen LogP contribution in [0.2, 0.25) is 0 Å². The number of rotatable bonds is 2. The van der Waals surface area contributed by atoms with E-state index in [4.69, 9.17) is 9.47 Å². The first-order valence-electron chi connectivity index (χ1n) is 8.74. The Morgan fingerprint density at radius 1 is 1.30 bits per heavy atom. The summed E-state index contributed by atoms with van der Waals surface area (Å²) in [5.41, 5.74) is -6.64. The summed E-state index contributed by atoms with van der Waals surface area (Å²) in [6.07, 6.45) is -6.20. The molecule has 12 heteroatoms. The summed E-state index contributed by atoms with van der Waals surface area (Å²) < 4.78 is 65.6. The van der Waals surface area contributed by atoms with E-state index in [0.717, 1.165) is 18.2 Å². The molecular weight excluding hydrogens is 414 g/mol. The molecule has 166 valence electrons. The predicted molar refractivity (Wildman–Crippen MR) is 97.6 cm³/mol. The second kappa shape index (κ2) is 7.49. The largest absolute Gasteiger partial charge is 0.444 e. The number of carbonyl (C=O) groups excluding carboxylic acids is 1. The average Bonchev–Trinajstić information content (AvgIpc) is 2.55. The molecule has 2 rings (SSSR count). The van der Waals surface area contributed by atoms with Crippen LogP contribution < -0.4 is 5.32 Å². The van der Waals surface area contributed by atoms with Crippen molar-refractivity contribution in [2.24, 2.45) is 4.99 Å². The molecule has 30 heavy (non-hydrogen) atoms. The van der Waals surface area contributed by atoms with Crippen LogP contribution in [0.1, 0.15) is 40.2 Å². The molecule has 0 aliphatic carbocycles. The Bertz CT molecular complexity index is 897. The van der Waals surface area contributed by atoms with Gasteiger partial charge in [0.15, 0.2) is 0 Å². The van der Waals surface area contributed by atoms with Gasteiger partial charge < -0.3 is 9.47 Å². The zero-order chi connectivity index (χ0) is 23.1. The van der Waals surface area contributed by atoms with Gasteiger partial charge in [-0.25, -0.2) is 9.18 Å². The van der Waals surface area contributed by atoms with Crippen LogP contribution >= 0.6 is 0 Å². The van der Waals surface area contributed by atoms with Gasteiger partial charge in [-0.15, -0.1) is 0 Å². The van der Waals surface area contributed by atoms with E-state index < -0.39 is 57.9 Å². The molecule has 0 saturated heterocycles. The van der Waals surface area contributed by atoms with Gasteiger partial charge in [0.05, 0.1) is 11.5 Å². The molecule has 0 unspecified atom stereocenters. The normalized spacial score (nSPS) is 24.8. The van der Waals surface area contributed by atoms with Crippen LogP contribution in [0.3, 0.4) is 0 Å². The number of hydrogen-bond donors (Lipinski definition) is 1. The van der Waals surface area contributed by atoms with Gasteiger partial charge in [0.1, 0.15) is 22.8 Å². The summed E-state index contributed by atoms with van der Waals surface area (Å²) >= 11 is 0. The summed E-state index contributed by atoms with van der Waals surface area (Å²) in [6, 6.07) is 2.59. The van der Waals surface area contributed by atoms with Crippen molar-refractivity contribution < 1.29 is 36.8 Å². The van der Waals surface area contributed by atoms with E-state index in [2.05, 4.69) is 4.99 Å². The van der Waals surface area contributed by atoms with E-state index in [1.54, 1.807) is 0 Å². The molecular formula is C18H21F4N3O5. The number of halogens is 4. The number of non-ortho nitro benzene ring substituents is 1. The fraction of sp³-hybridized carbons (Fsp3) is 0.556. The second-order valence-corrected chi connectivity index (χ2v) is 8.10. The highest BCUT2D eigenvalue weighted by molar-refractivity contribution is 6.01. The van der Waals surface area contributed by atoms with E-state index in [0.29, 0.717) is 6.92 Å². The number of ether oxygens (including phenoxy) is 2. The number of nitrogens with one attached hydrogen (secondary N) is 1. The molecule has 0 fully saturated rings. The molecule has 1 N–H and O–H groups in total. The lowest BCUT2D eigenvalue weighted by Crippen LogP contribution is -2.62. The van der Waals surface area contributed by atoms with Crippen LogP contribution in [0.4, 0.5) is 28.0 Å². The van der Waals surface area contributed by atoms with Gasteiger partial charge in [-0.2, -0.15) is 13.2 Å². The van der Waals surface area contributed by atoms with Crippen LogP contribution in [-0.2, 0) is 15.0 Å². The van der Waals surface area contributed by atoms with Crippen molar-refractivity contribution >= 4 is 17.6 Å². The predicted octanol–water partition coefficient (Wildman–Crippen LogP) is 4.22. The van der Waals surface area contributed by atoms with E-state index in [1.807, 2.05) is 5.32 Å². The second-order valence-electron chi connectivity index (χ2n) is 8.10. The minimum Gasteiger partial charge on any atom is -0.444 e. The summed E-state index contributed by atoms with van der Waals surface area (Å²) in [5, 5.41) is 13.0. The van der Waals surface area contributed by atoms with Gasteiger partial charge in [-0.3, -0.25) is 20.4 Å². The SMILES string of the molecule is CC(C)(C)OC(=O)NC1=N[C@](C)(c2cc([N+](=O)[O-])ccc2F)CO[C@@]1(C)C(F)(F)F. The van der Waals surface area contributed by atoms with E-state index >= 15 is 0 Å². The maximum Gasteiger partial charge on any atom is 0.424 e. The third kappa shape index (κ3) is 4.69. The Kier molecular flexibility index (Phi) is 5.87. The summed E-state index contributed by atoms with van der Waals surface area (Å²) in [5.74, 6) is -1.88. The highest BCUT2D eigenvalue weighted by Gasteiger charge is 2.60. The lowest BCUT2D eigenvalue weighted by Gasteiger charge is -2.42. The zero-order valence-electron chi connectivity index (χ0n) is 16.9. The first kappa shape index (κ1) is 23.5. The van der Waals surface area contributed by atoms with Gasteiger partial charge in [-0.1, -0.05) is 0 Å². The van der Waals surface area contributed by atoms with E-state index in [9.17, 15) is 32.5 Å². The number of amidine groups is 1. The monoisotopic (exact) mass is 435 g/mol. The molecule has 1 heterocycles. The van der Waals surface area contributed by atoms with Gasteiger partial charge in [0, 0.05) is 17.7 Å². The van der Waals surface area contributed by atoms with Crippen LogP contribution in [0.25, 0.3) is 0 Å². The van der Waals surface area contributed by atoms with Crippen LogP contribution in [0, 0.1) is 15.9 Å². The maximum atomic E-state index is 14.4. The first-order valence-corrected chi connectivity index (χ1v) is 8.74. The Labute approximate surface area is 169 Å². The van der Waals surface area contributed by atoms with Crippen LogP contribution in [0.5, 0.6) is 0 Å². The molecule has 2 atom stereocenters. The number of hydrogen-bond acceptors (Lipinski definition) is 6. The number of alkyl halides is 3. The Balaban J connectivity index is 2.58. The zero-order valence-corrected chi connectivity index (χ0v) is 16.9. The average molecular weight is 435 g/mol. The van der Waals surface area contributed by atoms with E-state index in [-0.39, 0.29) is 5.56 Å². The van der Waals surface area contributed by atoms with Crippen molar-refractivity contribution in [3.8, 4) is 0 Å². The van der Waals surface area contributed by atoms with Crippen molar-refractivity contribution in [2.45, 2.75) is 57.5 Å². The summed E-state index contributed by atoms with van der Waals surface area (Å²) in [6.45, 7) is 5.68. The number of nitro groups is 1. The Morgan fingerprint density at radius 3 is 2.40 bits per heavy atom. The third-order valence-electron chi connectivity index (χ3n) is 4.35. The molecule has 0 bridgehead atoms. The number of benzene rings is 1. The van der Waals surface area contributed by atoms with Gasteiger partial charge in [-0.05, 0) is 40.7 Å². The van der Waals surface area contributed by atoms with Gasteiger partial charge in [0.2, 0.25) is 5.60 Å². The van der Waals surface area contributed by atoms with Crippen LogP contribution in [-0.4, -0.2) is 40.8 Å². The van der Waals surface area contributed by atoms with Crippen molar-refractivity contribution in [1.82, 2.24) is 5.32 Å². The molecule has 0 radical (unpaired) electrons. The highest BCUT2D eigenvalue weighted by Crippen LogP contribution is 2.42. The highest BCUT2D eigenvalue weighted by atomic mass is 19.4. The standard InChI is InChI=1S/C18H21F4N3O5/c1-15(2,3)30-14(26)23-13-17(5,18(20,21)22)29-9-16(4,24-13)11-8-10(25(27)28)6-7-12(11)19/h6-8H,9H2,1-5H3,(H,23,24,26)/t16-,17+/m0/s1. The quantitative estimate of drug-likeness (QED) is 0.426. The van der Waals surface area contributed by atoms with E-state index in [1.165, 1.54) is 27.7 Å². The summed E-state index contributed by atoms with van der Waals surface area (Å²) in [4.78, 5) is 26.3. The molecule has 8 nitrogen and oxygen atoms in total. The molecule has 0 saturated carbocycles. The fourth-order valence-electron chi connectivity index (χ4n) is 2.68. The number of amides is 1. The summed E-state index contributed by atoms with van der Waals surface area (Å²) in [7, 11) is 0. The Hall–Kier alpha value is -2.76. The maximum absolute atomic E-state index is 14.4. The molecule has 1 amide bonds. The van der Waals surface area contributed by atoms with Crippen LogP contribution in [0.15, 0.2) is 23.2 Å². The molecule has 1 aliphatic heterocycles. The van der Waals surface area contributed by atoms with Crippen molar-refractivity contribution in [1.29, 1.82) is 0 Å². The first-order chi connectivity index (χ1) is 13.5. The third-order valence-corrected chi connectivity index (χ3v) is 4.35. The molecule has 1 aromatic rings. The lowest BCUT2D eigenvalue weighted by molar-refractivity contribution is -0.385. The molecule has 0 aromatic heterocycles. The topological polar surface area (TPSA) is 103 Å². The Morgan fingerprint density at radius 2 is 1.90 bits per heavy atom. The number of nitro benzene ring substituents is 1. The van der Waals surface area contributed by atoms with Crippen molar-refractivity contribution in [3.05, 3.63) is 39.7 Å². The molecule has 0 spiro atoms. The minimum absolute atomic E-state index is 0.357. The van der Waals surface area contributed by atoms with Crippen molar-refractivity contribution in [2.75, 3.05) is 6.61 Å².